The van der Waals surface area contributed by atoms with Crippen molar-refractivity contribution in [2.45, 2.75) is 19.6 Å². The van der Waals surface area contributed by atoms with Gasteiger partial charge < -0.3 is 10.2 Å². The first-order chi connectivity index (χ1) is 11.8. The first kappa shape index (κ1) is 18.9. The molecule has 25 heavy (non-hydrogen) atoms. The molecule has 1 amide bonds. The van der Waals surface area contributed by atoms with Crippen molar-refractivity contribution in [3.63, 3.8) is 0 Å². The maximum Gasteiger partial charge on any atom is 0.433 e. The van der Waals surface area contributed by atoms with Gasteiger partial charge in [0.2, 0.25) is 0 Å². The molecule has 134 valence electrons. The van der Waals surface area contributed by atoms with Crippen LogP contribution in [0.5, 0.6) is 0 Å². The fourth-order valence-electron chi connectivity index (χ4n) is 2.39. The summed E-state index contributed by atoms with van der Waals surface area (Å²) in [5.41, 5.74) is 0.381. The largest absolute Gasteiger partial charge is 0.433 e. The highest BCUT2D eigenvalue weighted by atomic mass is 19.4. The number of aromatic nitrogens is 1. The molecule has 1 N–H and O–H groups in total. The van der Waals surface area contributed by atoms with Gasteiger partial charge in [0.15, 0.2) is 0 Å². The van der Waals surface area contributed by atoms with Crippen LogP contribution in [0.4, 0.5) is 13.2 Å². The minimum Gasteiger partial charge on any atom is -0.351 e. The summed E-state index contributed by atoms with van der Waals surface area (Å²) < 4.78 is 37.8. The van der Waals surface area contributed by atoms with Crippen LogP contribution in [0.3, 0.4) is 0 Å². The van der Waals surface area contributed by atoms with Crippen molar-refractivity contribution >= 4 is 5.91 Å². The lowest BCUT2D eigenvalue weighted by molar-refractivity contribution is -0.141. The molecule has 4 nitrogen and oxygen atoms in total. The number of carbonyl (C=O) groups is 1. The zero-order chi connectivity index (χ0) is 18.4. The van der Waals surface area contributed by atoms with Gasteiger partial charge in [-0.15, -0.1) is 0 Å². The highest BCUT2D eigenvalue weighted by molar-refractivity contribution is 5.95. The van der Waals surface area contributed by atoms with E-state index in [2.05, 4.69) is 10.3 Å². The lowest BCUT2D eigenvalue weighted by atomic mass is 10.1. The Labute approximate surface area is 144 Å². The minimum absolute atomic E-state index is 0.0602. The number of rotatable bonds is 6. The third-order valence-electron chi connectivity index (χ3n) is 3.70. The summed E-state index contributed by atoms with van der Waals surface area (Å²) in [6.07, 6.45) is -4.51. The molecule has 0 aliphatic rings. The summed E-state index contributed by atoms with van der Waals surface area (Å²) in [6.45, 7) is 3.15. The Hall–Kier alpha value is -2.41. The zero-order valence-corrected chi connectivity index (χ0v) is 14.1. The Balaban J connectivity index is 1.86. The molecular weight excluding hydrogens is 331 g/mol. The predicted octanol–water partition coefficient (Wildman–Crippen LogP) is 3.27. The number of benzene rings is 1. The first-order valence-electron chi connectivity index (χ1n) is 7.83. The van der Waals surface area contributed by atoms with Crippen LogP contribution in [-0.4, -0.2) is 35.9 Å². The number of alkyl halides is 3. The van der Waals surface area contributed by atoms with E-state index in [-0.39, 0.29) is 11.3 Å². The summed E-state index contributed by atoms with van der Waals surface area (Å²) in [6, 6.07) is 11.9. The number of amides is 1. The quantitative estimate of drug-likeness (QED) is 0.869. The lowest BCUT2D eigenvalue weighted by Crippen LogP contribution is -2.33. The summed E-state index contributed by atoms with van der Waals surface area (Å²) in [5.74, 6) is -0.424. The van der Waals surface area contributed by atoms with Crippen LogP contribution in [0.1, 0.15) is 27.3 Å². The number of likely N-dealkylation sites (N-methyl/N-ethyl adjacent to an activating group) is 1. The molecule has 0 fully saturated rings. The van der Waals surface area contributed by atoms with Crippen molar-refractivity contribution < 1.29 is 18.0 Å². The van der Waals surface area contributed by atoms with Crippen LogP contribution >= 0.6 is 0 Å². The number of nitrogens with zero attached hydrogens (tertiary/aromatic N) is 2. The molecule has 7 heteroatoms. The summed E-state index contributed by atoms with van der Waals surface area (Å²) >= 11 is 0. The van der Waals surface area contributed by atoms with Crippen LogP contribution in [-0.2, 0) is 12.7 Å². The molecule has 0 aliphatic carbocycles. The Kier molecular flexibility index (Phi) is 6.14. The van der Waals surface area contributed by atoms with Gasteiger partial charge in [-0.25, -0.2) is 4.98 Å². The van der Waals surface area contributed by atoms with E-state index in [1.807, 2.05) is 42.3 Å². The van der Waals surface area contributed by atoms with Gasteiger partial charge in [-0.05, 0) is 31.7 Å². The average Bonchev–Trinajstić information content (AvgIpc) is 2.54. The maximum atomic E-state index is 12.6. The van der Waals surface area contributed by atoms with Gasteiger partial charge in [-0.1, -0.05) is 30.3 Å². The second kappa shape index (κ2) is 8.11. The molecule has 2 aromatic rings. The number of hydrogen-bond acceptors (Lipinski definition) is 3. The minimum atomic E-state index is -4.51. The van der Waals surface area contributed by atoms with E-state index in [0.717, 1.165) is 18.7 Å². The van der Waals surface area contributed by atoms with E-state index in [1.165, 1.54) is 12.5 Å². The number of carbonyl (C=O) groups excluding carboxylic acids is 1. The molecule has 0 atom stereocenters. The van der Waals surface area contributed by atoms with E-state index >= 15 is 0 Å². The molecule has 2 rings (SSSR count). The topological polar surface area (TPSA) is 45.2 Å². The third-order valence-corrected chi connectivity index (χ3v) is 3.70. The highest BCUT2D eigenvalue weighted by Gasteiger charge is 2.33. The fraction of sp³-hybridized carbons (Fsp3) is 0.333. The van der Waals surface area contributed by atoms with Gasteiger partial charge >= 0.3 is 6.18 Å². The molecular formula is C18H20F3N3O. The van der Waals surface area contributed by atoms with Gasteiger partial charge in [-0.2, -0.15) is 13.2 Å². The Bertz CT molecular complexity index is 717. The Morgan fingerprint density at radius 3 is 2.44 bits per heavy atom. The molecule has 1 aromatic carbocycles. The van der Waals surface area contributed by atoms with Crippen LogP contribution in [0.2, 0.25) is 0 Å². The second-order valence-electron chi connectivity index (χ2n) is 5.81. The van der Waals surface area contributed by atoms with Crippen LogP contribution in [0, 0.1) is 6.92 Å². The number of nitrogens with one attached hydrogen (secondary N) is 1. The normalized spacial score (nSPS) is 11.6. The molecule has 0 aliphatic heterocycles. The van der Waals surface area contributed by atoms with E-state index < -0.39 is 17.8 Å². The van der Waals surface area contributed by atoms with Crippen LogP contribution in [0.15, 0.2) is 42.5 Å². The standard InChI is InChI=1S/C18H20F3N3O/c1-13-15(8-9-16(23-13)18(19,20)21)17(25)22-10-11-24(2)12-14-6-4-3-5-7-14/h3-9H,10-12H2,1-2H3,(H,22,25). The fourth-order valence-corrected chi connectivity index (χ4v) is 2.39. The smallest absolute Gasteiger partial charge is 0.351 e. The first-order valence-corrected chi connectivity index (χ1v) is 7.83. The van der Waals surface area contributed by atoms with Gasteiger partial charge in [0.1, 0.15) is 5.69 Å². The Morgan fingerprint density at radius 2 is 1.84 bits per heavy atom. The average molecular weight is 351 g/mol. The second-order valence-corrected chi connectivity index (χ2v) is 5.81. The third kappa shape index (κ3) is 5.56. The molecule has 0 saturated heterocycles. The van der Waals surface area contributed by atoms with Crippen molar-refractivity contribution in [2.75, 3.05) is 20.1 Å². The zero-order valence-electron chi connectivity index (χ0n) is 14.1. The SMILES string of the molecule is Cc1nc(C(F)(F)F)ccc1C(=O)NCCN(C)Cc1ccccc1. The van der Waals surface area contributed by atoms with E-state index in [9.17, 15) is 18.0 Å². The summed E-state index contributed by atoms with van der Waals surface area (Å²) in [4.78, 5) is 17.6. The summed E-state index contributed by atoms with van der Waals surface area (Å²) in [5, 5.41) is 2.71. The molecule has 0 spiro atoms. The van der Waals surface area contributed by atoms with Crippen LogP contribution < -0.4 is 5.32 Å². The monoisotopic (exact) mass is 351 g/mol. The predicted molar refractivity (Wildman–Crippen MR) is 89.1 cm³/mol. The van der Waals surface area contributed by atoms with E-state index in [0.29, 0.717) is 13.1 Å². The van der Waals surface area contributed by atoms with Crippen molar-refractivity contribution in [3.05, 3.63) is 65.0 Å². The van der Waals surface area contributed by atoms with Gasteiger partial charge in [0.05, 0.1) is 11.3 Å². The molecule has 0 unspecified atom stereocenters. The van der Waals surface area contributed by atoms with Gasteiger partial charge in [0, 0.05) is 19.6 Å². The Morgan fingerprint density at radius 1 is 1.16 bits per heavy atom. The number of pyridine rings is 1. The lowest BCUT2D eigenvalue weighted by Gasteiger charge is -2.17. The highest BCUT2D eigenvalue weighted by Crippen LogP contribution is 2.28. The molecule has 1 heterocycles. The van der Waals surface area contributed by atoms with Crippen molar-refractivity contribution in [1.82, 2.24) is 15.2 Å². The van der Waals surface area contributed by atoms with Crippen LogP contribution in [0.25, 0.3) is 0 Å². The molecule has 0 bridgehead atoms. The number of hydrogen-bond donors (Lipinski definition) is 1. The molecule has 0 saturated carbocycles. The molecule has 1 aromatic heterocycles. The van der Waals surface area contributed by atoms with E-state index in [1.54, 1.807) is 0 Å². The summed E-state index contributed by atoms with van der Waals surface area (Å²) in [7, 11) is 1.93. The van der Waals surface area contributed by atoms with Crippen molar-refractivity contribution in [2.24, 2.45) is 0 Å². The molecule has 0 radical (unpaired) electrons. The number of aryl methyl sites for hydroxylation is 1. The van der Waals surface area contributed by atoms with Gasteiger partial charge in [0.25, 0.3) is 5.91 Å². The van der Waals surface area contributed by atoms with Gasteiger partial charge in [-0.3, -0.25) is 4.79 Å². The van der Waals surface area contributed by atoms with Crippen molar-refractivity contribution in [1.29, 1.82) is 0 Å². The van der Waals surface area contributed by atoms with E-state index in [4.69, 9.17) is 0 Å². The number of halogens is 3. The van der Waals surface area contributed by atoms with Crippen molar-refractivity contribution in [3.8, 4) is 0 Å². The maximum absolute atomic E-state index is 12.6.